The van der Waals surface area contributed by atoms with Crippen molar-refractivity contribution < 1.29 is 15.0 Å². The topological polar surface area (TPSA) is 60.8 Å². The maximum Gasteiger partial charge on any atom is 0.317 e. The van der Waals surface area contributed by atoms with Crippen LogP contribution in [0.4, 0.5) is 0 Å². The van der Waals surface area contributed by atoms with Crippen molar-refractivity contribution in [3.63, 3.8) is 0 Å². The van der Waals surface area contributed by atoms with Crippen molar-refractivity contribution in [2.75, 3.05) is 6.54 Å². The van der Waals surface area contributed by atoms with Gasteiger partial charge in [0.2, 0.25) is 0 Å². The van der Waals surface area contributed by atoms with Crippen LogP contribution in [0.2, 0.25) is 0 Å². The molecule has 4 heteroatoms. The number of aliphatic carboxylic acids is 1. The van der Waals surface area contributed by atoms with E-state index in [9.17, 15) is 9.90 Å². The second-order valence-electron chi connectivity index (χ2n) is 5.27. The molecule has 0 bridgehead atoms. The van der Waals surface area contributed by atoms with E-state index in [1.54, 1.807) is 12.1 Å². The van der Waals surface area contributed by atoms with E-state index in [0.29, 0.717) is 6.04 Å². The Labute approximate surface area is 113 Å². The molecule has 0 spiro atoms. The number of hydrogen-bond acceptors (Lipinski definition) is 3. The number of carboxylic acid groups (broad SMARTS) is 1. The molecule has 0 amide bonds. The minimum absolute atomic E-state index is 0.0554. The highest BCUT2D eigenvalue weighted by atomic mass is 16.4. The highest BCUT2D eigenvalue weighted by molar-refractivity contribution is 5.69. The Hall–Kier alpha value is -1.55. The van der Waals surface area contributed by atoms with Crippen molar-refractivity contribution in [2.45, 2.75) is 44.7 Å². The van der Waals surface area contributed by atoms with Crippen LogP contribution in [-0.4, -0.2) is 33.7 Å². The highest BCUT2D eigenvalue weighted by Gasteiger charge is 2.28. The first-order valence-corrected chi connectivity index (χ1v) is 6.84. The van der Waals surface area contributed by atoms with Gasteiger partial charge >= 0.3 is 5.97 Å². The van der Waals surface area contributed by atoms with E-state index in [0.717, 1.165) is 18.4 Å². The van der Waals surface area contributed by atoms with Crippen molar-refractivity contribution >= 4 is 5.97 Å². The van der Waals surface area contributed by atoms with Crippen molar-refractivity contribution in [3.8, 4) is 5.75 Å². The van der Waals surface area contributed by atoms with Gasteiger partial charge in [-0.2, -0.15) is 0 Å². The van der Waals surface area contributed by atoms with E-state index < -0.39 is 5.97 Å². The monoisotopic (exact) mass is 263 g/mol. The predicted molar refractivity (Wildman–Crippen MR) is 73.1 cm³/mol. The molecule has 1 unspecified atom stereocenters. The minimum atomic E-state index is -0.780. The van der Waals surface area contributed by atoms with Gasteiger partial charge in [0.1, 0.15) is 5.75 Å². The lowest BCUT2D eigenvalue weighted by atomic mass is 10.0. The van der Waals surface area contributed by atoms with Crippen LogP contribution in [0.1, 0.15) is 44.2 Å². The number of carboxylic acids is 1. The summed E-state index contributed by atoms with van der Waals surface area (Å²) in [5, 5.41) is 18.4. The largest absolute Gasteiger partial charge is 0.508 e. The number of carbonyl (C=O) groups is 1. The summed E-state index contributed by atoms with van der Waals surface area (Å²) < 4.78 is 0. The minimum Gasteiger partial charge on any atom is -0.508 e. The average Bonchev–Trinajstić information content (AvgIpc) is 2.89. The lowest BCUT2D eigenvalue weighted by Crippen LogP contribution is -2.39. The second kappa shape index (κ2) is 6.06. The molecule has 1 aliphatic carbocycles. The van der Waals surface area contributed by atoms with E-state index in [-0.39, 0.29) is 18.3 Å². The van der Waals surface area contributed by atoms with E-state index in [1.807, 2.05) is 19.1 Å². The maximum absolute atomic E-state index is 11.1. The number of phenolic OH excluding ortho intramolecular Hbond substituents is 1. The molecule has 0 saturated heterocycles. The second-order valence-corrected chi connectivity index (χ2v) is 5.27. The smallest absolute Gasteiger partial charge is 0.317 e. The summed E-state index contributed by atoms with van der Waals surface area (Å²) >= 11 is 0. The molecule has 1 aromatic carbocycles. The molecule has 1 fully saturated rings. The Bertz CT molecular complexity index is 424. The third kappa shape index (κ3) is 3.47. The van der Waals surface area contributed by atoms with Crippen LogP contribution >= 0.6 is 0 Å². The fourth-order valence-corrected chi connectivity index (χ4v) is 2.92. The molecular weight excluding hydrogens is 242 g/mol. The molecule has 1 saturated carbocycles. The predicted octanol–water partition coefficient (Wildman–Crippen LogP) is 2.78. The SMILES string of the molecule is CC(c1ccc(O)cc1)N(CC(=O)O)C1CCCC1. The van der Waals surface area contributed by atoms with Gasteiger partial charge in [-0.15, -0.1) is 0 Å². The van der Waals surface area contributed by atoms with Crippen molar-refractivity contribution in [1.29, 1.82) is 0 Å². The normalized spacial score (nSPS) is 17.8. The van der Waals surface area contributed by atoms with Gasteiger partial charge in [-0.05, 0) is 37.5 Å². The molecule has 2 rings (SSSR count). The van der Waals surface area contributed by atoms with Gasteiger partial charge < -0.3 is 10.2 Å². The standard InChI is InChI=1S/C15H21NO3/c1-11(12-6-8-14(17)9-7-12)16(10-15(18)19)13-4-2-3-5-13/h6-9,11,13,17H,2-5,10H2,1H3,(H,18,19). The molecule has 1 aromatic rings. The molecular formula is C15H21NO3. The molecule has 104 valence electrons. The van der Waals surface area contributed by atoms with Crippen molar-refractivity contribution in [3.05, 3.63) is 29.8 Å². The Balaban J connectivity index is 2.16. The summed E-state index contributed by atoms with van der Waals surface area (Å²) in [6, 6.07) is 7.45. The summed E-state index contributed by atoms with van der Waals surface area (Å²) in [7, 11) is 0. The lowest BCUT2D eigenvalue weighted by Gasteiger charge is -2.33. The quantitative estimate of drug-likeness (QED) is 0.857. The fraction of sp³-hybridized carbons (Fsp3) is 0.533. The number of rotatable bonds is 5. The summed E-state index contributed by atoms with van der Waals surface area (Å²) in [5.41, 5.74) is 1.05. The van der Waals surface area contributed by atoms with Gasteiger partial charge in [0.05, 0.1) is 6.54 Å². The molecule has 1 atom stereocenters. The van der Waals surface area contributed by atoms with Crippen LogP contribution in [0.3, 0.4) is 0 Å². The molecule has 0 aliphatic heterocycles. The van der Waals surface area contributed by atoms with Gasteiger partial charge in [0.15, 0.2) is 0 Å². The average molecular weight is 263 g/mol. The summed E-state index contributed by atoms with van der Waals surface area (Å²) in [4.78, 5) is 13.1. The van der Waals surface area contributed by atoms with Gasteiger partial charge in [-0.25, -0.2) is 0 Å². The number of hydrogen-bond donors (Lipinski definition) is 2. The first-order chi connectivity index (χ1) is 9.08. The van der Waals surface area contributed by atoms with Gasteiger partial charge in [-0.1, -0.05) is 25.0 Å². The molecule has 4 nitrogen and oxygen atoms in total. The van der Waals surface area contributed by atoms with E-state index in [4.69, 9.17) is 5.11 Å². The Kier molecular flexibility index (Phi) is 4.43. The number of nitrogens with zero attached hydrogens (tertiary/aromatic N) is 1. The summed E-state index contributed by atoms with van der Waals surface area (Å²) in [5.74, 6) is -0.542. The molecule has 0 radical (unpaired) electrons. The number of aromatic hydroxyl groups is 1. The van der Waals surface area contributed by atoms with Gasteiger partial charge in [-0.3, -0.25) is 9.69 Å². The van der Waals surface area contributed by atoms with Crippen molar-refractivity contribution in [2.24, 2.45) is 0 Å². The van der Waals surface area contributed by atoms with Crippen LogP contribution in [-0.2, 0) is 4.79 Å². The molecule has 0 aromatic heterocycles. The number of phenols is 1. The van der Waals surface area contributed by atoms with Crippen LogP contribution in [0.15, 0.2) is 24.3 Å². The van der Waals surface area contributed by atoms with E-state index in [1.165, 1.54) is 12.8 Å². The fourth-order valence-electron chi connectivity index (χ4n) is 2.92. The molecule has 0 heterocycles. The zero-order valence-electron chi connectivity index (χ0n) is 11.2. The van der Waals surface area contributed by atoms with Gasteiger partial charge in [0.25, 0.3) is 0 Å². The summed E-state index contributed by atoms with van der Waals surface area (Å²) in [6.07, 6.45) is 4.53. The first-order valence-electron chi connectivity index (χ1n) is 6.84. The zero-order chi connectivity index (χ0) is 13.8. The van der Waals surface area contributed by atoms with Gasteiger partial charge in [0, 0.05) is 12.1 Å². The van der Waals surface area contributed by atoms with Crippen LogP contribution < -0.4 is 0 Å². The Morgan fingerprint density at radius 3 is 2.42 bits per heavy atom. The Morgan fingerprint density at radius 2 is 1.89 bits per heavy atom. The molecule has 2 N–H and O–H groups in total. The Morgan fingerprint density at radius 1 is 1.32 bits per heavy atom. The first kappa shape index (κ1) is 13.9. The summed E-state index contributed by atoms with van der Waals surface area (Å²) in [6.45, 7) is 2.11. The van der Waals surface area contributed by atoms with Crippen LogP contribution in [0.25, 0.3) is 0 Å². The number of benzene rings is 1. The van der Waals surface area contributed by atoms with E-state index in [2.05, 4.69) is 4.90 Å². The van der Waals surface area contributed by atoms with Crippen LogP contribution in [0.5, 0.6) is 5.75 Å². The lowest BCUT2D eigenvalue weighted by molar-refractivity contribution is -0.139. The maximum atomic E-state index is 11.1. The zero-order valence-corrected chi connectivity index (χ0v) is 11.2. The molecule has 1 aliphatic rings. The third-order valence-corrected chi connectivity index (χ3v) is 3.98. The van der Waals surface area contributed by atoms with E-state index >= 15 is 0 Å². The molecule has 19 heavy (non-hydrogen) atoms. The highest BCUT2D eigenvalue weighted by Crippen LogP contribution is 2.31. The third-order valence-electron chi connectivity index (χ3n) is 3.98. The van der Waals surface area contributed by atoms with Crippen LogP contribution in [0, 0.1) is 0 Å². The van der Waals surface area contributed by atoms with Crippen molar-refractivity contribution in [1.82, 2.24) is 4.90 Å².